The van der Waals surface area contributed by atoms with Crippen molar-refractivity contribution in [3.8, 4) is 5.75 Å². The Hall–Kier alpha value is -2.47. The zero-order chi connectivity index (χ0) is 18.2. The minimum absolute atomic E-state index is 0.0702. The van der Waals surface area contributed by atoms with Crippen LogP contribution in [0.1, 0.15) is 36.2 Å². The highest BCUT2D eigenvalue weighted by molar-refractivity contribution is 6.35. The second kappa shape index (κ2) is 6.44. The number of amides is 1. The number of hydrogen-bond donors (Lipinski definition) is 0. The summed E-state index contributed by atoms with van der Waals surface area (Å²) in [6.45, 7) is 3.73. The Balaban J connectivity index is 2.05. The average molecular weight is 362 g/mol. The first-order valence-electron chi connectivity index (χ1n) is 7.69. The third kappa shape index (κ3) is 3.09. The van der Waals surface area contributed by atoms with Gasteiger partial charge in [-0.2, -0.15) is 5.10 Å². The van der Waals surface area contributed by atoms with Crippen LogP contribution in [0.25, 0.3) is 0 Å². The first-order chi connectivity index (χ1) is 11.8. The molecule has 1 aromatic carbocycles. The number of carbonyl (C=O) groups is 1. The Morgan fingerprint density at radius 3 is 2.80 bits per heavy atom. The topological polar surface area (TPSA) is 54.8 Å². The second-order valence-electron chi connectivity index (χ2n) is 6.33. The molecular formula is C18H17ClFN3O2. The van der Waals surface area contributed by atoms with E-state index in [1.54, 1.807) is 25.3 Å². The van der Waals surface area contributed by atoms with Gasteiger partial charge in [0.25, 0.3) is 5.91 Å². The van der Waals surface area contributed by atoms with Crippen molar-refractivity contribution in [2.24, 2.45) is 5.10 Å². The van der Waals surface area contributed by atoms with Crippen LogP contribution in [-0.2, 0) is 0 Å². The minimum Gasteiger partial charge on any atom is -0.496 e. The first-order valence-corrected chi connectivity index (χ1v) is 8.07. The molecule has 0 unspecified atom stereocenters. The van der Waals surface area contributed by atoms with E-state index in [9.17, 15) is 9.18 Å². The van der Waals surface area contributed by atoms with E-state index in [2.05, 4.69) is 10.1 Å². The molecule has 5 nitrogen and oxygen atoms in total. The summed E-state index contributed by atoms with van der Waals surface area (Å²) < 4.78 is 19.3. The molecular weight excluding hydrogens is 345 g/mol. The van der Waals surface area contributed by atoms with Crippen LogP contribution in [0.5, 0.6) is 5.75 Å². The molecule has 0 radical (unpaired) electrons. The van der Waals surface area contributed by atoms with Crippen LogP contribution in [0.2, 0.25) is 5.02 Å². The van der Waals surface area contributed by atoms with Gasteiger partial charge in [0, 0.05) is 12.6 Å². The molecule has 0 saturated heterocycles. The average Bonchev–Trinajstić information content (AvgIpc) is 2.89. The summed E-state index contributed by atoms with van der Waals surface area (Å²) >= 11 is 6.32. The van der Waals surface area contributed by atoms with Crippen LogP contribution in [-0.4, -0.2) is 34.3 Å². The van der Waals surface area contributed by atoms with Crippen molar-refractivity contribution < 1.29 is 13.9 Å². The first kappa shape index (κ1) is 17.4. The van der Waals surface area contributed by atoms with E-state index in [4.69, 9.17) is 16.3 Å². The third-order valence-electron chi connectivity index (χ3n) is 4.07. The molecule has 0 atom stereocenters. The SMILES string of the molecule is COc1cccc(Cl)c1C1=NN(C(=O)c2ccncc2F)C(C)(C)C1. The number of nitrogens with zero attached hydrogens (tertiary/aromatic N) is 3. The Labute approximate surface area is 150 Å². The Morgan fingerprint density at radius 1 is 1.36 bits per heavy atom. The van der Waals surface area contributed by atoms with Crippen LogP contribution >= 0.6 is 11.6 Å². The van der Waals surface area contributed by atoms with E-state index >= 15 is 0 Å². The van der Waals surface area contributed by atoms with Gasteiger partial charge in [-0.05, 0) is 32.0 Å². The van der Waals surface area contributed by atoms with Gasteiger partial charge in [0.1, 0.15) is 5.75 Å². The summed E-state index contributed by atoms with van der Waals surface area (Å²) in [6.07, 6.45) is 2.85. The number of rotatable bonds is 3. The smallest absolute Gasteiger partial charge is 0.277 e. The molecule has 0 fully saturated rings. The fraction of sp³-hybridized carbons (Fsp3) is 0.278. The van der Waals surface area contributed by atoms with Crippen molar-refractivity contribution in [1.29, 1.82) is 0 Å². The summed E-state index contributed by atoms with van der Waals surface area (Å²) in [4.78, 5) is 16.5. The molecule has 1 aliphatic rings. The van der Waals surface area contributed by atoms with Crippen LogP contribution in [0, 0.1) is 5.82 Å². The van der Waals surface area contributed by atoms with Gasteiger partial charge in [-0.25, -0.2) is 9.40 Å². The Bertz CT molecular complexity index is 867. The number of ether oxygens (including phenoxy) is 1. The maximum absolute atomic E-state index is 13.9. The number of benzene rings is 1. The van der Waals surface area contributed by atoms with Crippen LogP contribution in [0.3, 0.4) is 0 Å². The van der Waals surface area contributed by atoms with Gasteiger partial charge in [-0.15, -0.1) is 0 Å². The van der Waals surface area contributed by atoms with Crippen LogP contribution in [0.15, 0.2) is 41.8 Å². The normalized spacial score (nSPS) is 15.9. The largest absolute Gasteiger partial charge is 0.496 e. The zero-order valence-electron chi connectivity index (χ0n) is 14.1. The molecule has 0 saturated carbocycles. The van der Waals surface area contributed by atoms with E-state index < -0.39 is 17.3 Å². The van der Waals surface area contributed by atoms with Gasteiger partial charge in [0.05, 0.1) is 40.7 Å². The fourth-order valence-electron chi connectivity index (χ4n) is 2.85. The lowest BCUT2D eigenvalue weighted by Crippen LogP contribution is -2.41. The van der Waals surface area contributed by atoms with E-state index in [1.807, 2.05) is 13.8 Å². The minimum atomic E-state index is -0.678. The lowest BCUT2D eigenvalue weighted by Gasteiger charge is -2.28. The third-order valence-corrected chi connectivity index (χ3v) is 4.39. The van der Waals surface area contributed by atoms with Crippen LogP contribution < -0.4 is 4.74 Å². The molecule has 1 amide bonds. The molecule has 2 heterocycles. The molecule has 0 N–H and O–H groups in total. The zero-order valence-corrected chi connectivity index (χ0v) is 14.8. The summed E-state index contributed by atoms with van der Waals surface area (Å²) in [5, 5.41) is 6.23. The van der Waals surface area contributed by atoms with Gasteiger partial charge in [-0.1, -0.05) is 17.7 Å². The number of aromatic nitrogens is 1. The van der Waals surface area contributed by atoms with Gasteiger partial charge in [0.15, 0.2) is 5.82 Å². The lowest BCUT2D eigenvalue weighted by atomic mass is 9.94. The number of halogens is 2. The molecule has 3 rings (SSSR count). The number of pyridine rings is 1. The van der Waals surface area contributed by atoms with Crippen LogP contribution in [0.4, 0.5) is 4.39 Å². The van der Waals surface area contributed by atoms with Crippen molar-refractivity contribution in [2.75, 3.05) is 7.11 Å². The highest BCUT2D eigenvalue weighted by Crippen LogP contribution is 2.36. The monoisotopic (exact) mass is 361 g/mol. The fourth-order valence-corrected chi connectivity index (χ4v) is 3.13. The number of hydrazone groups is 1. The second-order valence-corrected chi connectivity index (χ2v) is 6.73. The van der Waals surface area contributed by atoms with Gasteiger partial charge >= 0.3 is 0 Å². The Morgan fingerprint density at radius 2 is 2.12 bits per heavy atom. The molecule has 0 bridgehead atoms. The van der Waals surface area contributed by atoms with Gasteiger partial charge in [-0.3, -0.25) is 9.78 Å². The lowest BCUT2D eigenvalue weighted by molar-refractivity contribution is 0.0607. The van der Waals surface area contributed by atoms with Gasteiger partial charge in [0.2, 0.25) is 0 Å². The van der Waals surface area contributed by atoms with E-state index in [1.165, 1.54) is 17.3 Å². The van der Waals surface area contributed by atoms with Crippen molar-refractivity contribution in [2.45, 2.75) is 25.8 Å². The molecule has 0 aliphatic carbocycles. The van der Waals surface area contributed by atoms with Crippen molar-refractivity contribution in [1.82, 2.24) is 9.99 Å². The van der Waals surface area contributed by atoms with E-state index in [-0.39, 0.29) is 5.56 Å². The molecule has 1 aromatic heterocycles. The molecule has 0 spiro atoms. The summed E-state index contributed by atoms with van der Waals surface area (Å²) in [7, 11) is 1.55. The molecule has 25 heavy (non-hydrogen) atoms. The molecule has 2 aromatic rings. The number of hydrogen-bond acceptors (Lipinski definition) is 4. The van der Waals surface area contributed by atoms with Gasteiger partial charge < -0.3 is 4.74 Å². The van der Waals surface area contributed by atoms with Crippen molar-refractivity contribution in [3.05, 3.63) is 58.6 Å². The quantitative estimate of drug-likeness (QED) is 0.832. The highest BCUT2D eigenvalue weighted by atomic mass is 35.5. The summed E-state index contributed by atoms with van der Waals surface area (Å²) in [5.74, 6) is -0.625. The van der Waals surface area contributed by atoms with Crippen molar-refractivity contribution >= 4 is 23.2 Å². The summed E-state index contributed by atoms with van der Waals surface area (Å²) in [5.41, 5.74) is 0.562. The summed E-state index contributed by atoms with van der Waals surface area (Å²) in [6, 6.07) is 6.64. The molecule has 1 aliphatic heterocycles. The Kier molecular flexibility index (Phi) is 4.47. The molecule has 7 heteroatoms. The predicted molar refractivity (Wildman–Crippen MR) is 93.6 cm³/mol. The van der Waals surface area contributed by atoms with E-state index in [0.29, 0.717) is 28.5 Å². The van der Waals surface area contributed by atoms with E-state index in [0.717, 1.165) is 6.20 Å². The standard InChI is InChI=1S/C18H17ClFN3O2/c1-18(2)9-14(16-12(19)5-4-6-15(16)25-3)22-23(18)17(24)11-7-8-21-10-13(11)20/h4-8,10H,9H2,1-3H3. The molecule has 130 valence electrons. The highest BCUT2D eigenvalue weighted by Gasteiger charge is 2.40. The van der Waals surface area contributed by atoms with Crippen molar-refractivity contribution in [3.63, 3.8) is 0 Å². The number of methoxy groups -OCH3 is 1. The maximum Gasteiger partial charge on any atom is 0.277 e. The maximum atomic E-state index is 13.9. The predicted octanol–water partition coefficient (Wildman–Crippen LogP) is 3.91. The number of carbonyl (C=O) groups excluding carboxylic acids is 1.